The van der Waals surface area contributed by atoms with Crippen molar-refractivity contribution >= 4 is 23.2 Å². The van der Waals surface area contributed by atoms with Gasteiger partial charge in [-0.15, -0.1) is 0 Å². The van der Waals surface area contributed by atoms with Gasteiger partial charge < -0.3 is 19.9 Å². The van der Waals surface area contributed by atoms with Crippen LogP contribution in [0.3, 0.4) is 0 Å². The highest BCUT2D eigenvalue weighted by atomic mass is 16.5. The van der Waals surface area contributed by atoms with Crippen molar-refractivity contribution in [3.63, 3.8) is 0 Å². The molecule has 2 heterocycles. The zero-order chi connectivity index (χ0) is 23.2. The first kappa shape index (κ1) is 23.3. The number of morpholine rings is 1. The smallest absolute Gasteiger partial charge is 0.256 e. The highest BCUT2D eigenvalue weighted by Gasteiger charge is 2.26. The van der Waals surface area contributed by atoms with E-state index in [1.807, 2.05) is 30.0 Å². The summed E-state index contributed by atoms with van der Waals surface area (Å²) in [5.74, 6) is -0.0552. The van der Waals surface area contributed by atoms with Crippen LogP contribution in [0, 0.1) is 6.92 Å². The molecule has 2 fully saturated rings. The molecule has 0 radical (unpaired) electrons. The van der Waals surface area contributed by atoms with E-state index in [2.05, 4.69) is 46.3 Å². The number of nitrogens with one attached hydrogen (secondary N) is 1. The molecule has 0 saturated carbocycles. The lowest BCUT2D eigenvalue weighted by atomic mass is 10.1. The van der Waals surface area contributed by atoms with Crippen molar-refractivity contribution in [2.24, 2.45) is 0 Å². The SMILES string of the molecule is CCC(=O)Nc1ccc(N2CCN(Cc3cccc(C)c3)CC2)c(C(=O)N2CCOCC2)c1. The van der Waals surface area contributed by atoms with Crippen molar-refractivity contribution in [3.8, 4) is 0 Å². The number of amides is 2. The molecule has 7 heteroatoms. The molecule has 33 heavy (non-hydrogen) atoms. The predicted octanol–water partition coefficient (Wildman–Crippen LogP) is 3.14. The molecule has 0 aliphatic carbocycles. The fourth-order valence-electron chi connectivity index (χ4n) is 4.46. The van der Waals surface area contributed by atoms with Crippen LogP contribution < -0.4 is 10.2 Å². The number of hydrogen-bond donors (Lipinski definition) is 1. The van der Waals surface area contributed by atoms with Crippen LogP contribution in [0.1, 0.15) is 34.8 Å². The maximum Gasteiger partial charge on any atom is 0.256 e. The molecule has 2 amide bonds. The third kappa shape index (κ3) is 5.92. The quantitative estimate of drug-likeness (QED) is 0.733. The third-order valence-corrected chi connectivity index (χ3v) is 6.33. The van der Waals surface area contributed by atoms with Gasteiger partial charge in [-0.2, -0.15) is 0 Å². The molecule has 0 atom stereocenters. The van der Waals surface area contributed by atoms with Crippen molar-refractivity contribution in [1.29, 1.82) is 0 Å². The fourth-order valence-corrected chi connectivity index (χ4v) is 4.46. The number of nitrogens with zero attached hydrogens (tertiary/aromatic N) is 3. The van der Waals surface area contributed by atoms with Gasteiger partial charge in [-0.3, -0.25) is 14.5 Å². The number of ether oxygens (including phenoxy) is 1. The second kappa shape index (κ2) is 10.8. The molecule has 2 aromatic carbocycles. The van der Waals surface area contributed by atoms with Crippen molar-refractivity contribution in [1.82, 2.24) is 9.80 Å². The van der Waals surface area contributed by atoms with Gasteiger partial charge in [-0.1, -0.05) is 36.8 Å². The first-order chi connectivity index (χ1) is 16.0. The van der Waals surface area contributed by atoms with E-state index in [0.29, 0.717) is 44.0 Å². The van der Waals surface area contributed by atoms with Gasteiger partial charge in [0.1, 0.15) is 0 Å². The predicted molar refractivity (Wildman–Crippen MR) is 131 cm³/mol. The molecule has 0 unspecified atom stereocenters. The summed E-state index contributed by atoms with van der Waals surface area (Å²) in [6.45, 7) is 10.8. The molecule has 176 valence electrons. The van der Waals surface area contributed by atoms with Gasteiger partial charge in [0.25, 0.3) is 5.91 Å². The normalized spacial score (nSPS) is 17.2. The van der Waals surface area contributed by atoms with Gasteiger partial charge in [0.05, 0.1) is 18.8 Å². The molecule has 0 spiro atoms. The van der Waals surface area contributed by atoms with Crippen molar-refractivity contribution in [3.05, 3.63) is 59.2 Å². The molecular weight excluding hydrogens is 416 g/mol. The number of aryl methyl sites for hydroxylation is 1. The zero-order valence-corrected chi connectivity index (χ0v) is 19.7. The third-order valence-electron chi connectivity index (χ3n) is 6.33. The molecular formula is C26H34N4O3. The maximum absolute atomic E-state index is 13.4. The van der Waals surface area contributed by atoms with Crippen LogP contribution >= 0.6 is 0 Å². The summed E-state index contributed by atoms with van der Waals surface area (Å²) in [4.78, 5) is 32.0. The number of rotatable bonds is 6. The summed E-state index contributed by atoms with van der Waals surface area (Å²) in [7, 11) is 0. The summed E-state index contributed by atoms with van der Waals surface area (Å²) in [5, 5.41) is 2.90. The van der Waals surface area contributed by atoms with E-state index >= 15 is 0 Å². The Hall–Kier alpha value is -2.90. The Morgan fingerprint density at radius 1 is 0.970 bits per heavy atom. The summed E-state index contributed by atoms with van der Waals surface area (Å²) in [5.41, 5.74) is 4.88. The minimum Gasteiger partial charge on any atom is -0.378 e. The highest BCUT2D eigenvalue weighted by molar-refractivity contribution is 6.02. The van der Waals surface area contributed by atoms with Crippen LogP contribution in [0.2, 0.25) is 0 Å². The maximum atomic E-state index is 13.4. The minimum absolute atomic E-state index is 0.00286. The first-order valence-electron chi connectivity index (χ1n) is 11.9. The van der Waals surface area contributed by atoms with E-state index in [4.69, 9.17) is 4.74 Å². The van der Waals surface area contributed by atoms with E-state index in [-0.39, 0.29) is 11.8 Å². The number of hydrogen-bond acceptors (Lipinski definition) is 5. The average Bonchev–Trinajstić information content (AvgIpc) is 2.84. The van der Waals surface area contributed by atoms with E-state index in [1.54, 1.807) is 0 Å². The molecule has 2 aliphatic rings. The molecule has 7 nitrogen and oxygen atoms in total. The van der Waals surface area contributed by atoms with Crippen molar-refractivity contribution < 1.29 is 14.3 Å². The zero-order valence-electron chi connectivity index (χ0n) is 19.7. The number of anilines is 2. The van der Waals surface area contributed by atoms with E-state index < -0.39 is 0 Å². The van der Waals surface area contributed by atoms with Crippen LogP contribution in [0.5, 0.6) is 0 Å². The van der Waals surface area contributed by atoms with Crippen LogP contribution in [0.4, 0.5) is 11.4 Å². The summed E-state index contributed by atoms with van der Waals surface area (Å²) in [6.07, 6.45) is 0.400. The van der Waals surface area contributed by atoms with E-state index in [1.165, 1.54) is 11.1 Å². The largest absolute Gasteiger partial charge is 0.378 e. The standard InChI is InChI=1S/C26H34N4O3/c1-3-25(31)27-22-7-8-24(23(18-22)26(32)30-13-15-33-16-14-30)29-11-9-28(10-12-29)19-21-6-4-5-20(2)17-21/h4-8,17-18H,3,9-16,19H2,1-2H3,(H,27,31). The molecule has 2 aromatic rings. The highest BCUT2D eigenvalue weighted by Crippen LogP contribution is 2.28. The lowest BCUT2D eigenvalue weighted by molar-refractivity contribution is -0.115. The molecule has 0 aromatic heterocycles. The van der Waals surface area contributed by atoms with Crippen molar-refractivity contribution in [2.75, 3.05) is 62.7 Å². The summed E-state index contributed by atoms with van der Waals surface area (Å²) >= 11 is 0. The van der Waals surface area contributed by atoms with Gasteiger partial charge >= 0.3 is 0 Å². The van der Waals surface area contributed by atoms with E-state index in [0.717, 1.165) is 38.4 Å². The van der Waals surface area contributed by atoms with Crippen LogP contribution in [-0.2, 0) is 16.1 Å². The second-order valence-electron chi connectivity index (χ2n) is 8.79. The first-order valence-corrected chi connectivity index (χ1v) is 11.9. The Bertz CT molecular complexity index is 979. The van der Waals surface area contributed by atoms with Gasteiger partial charge in [0.15, 0.2) is 0 Å². The molecule has 2 aliphatic heterocycles. The second-order valence-corrected chi connectivity index (χ2v) is 8.79. The number of piperazine rings is 1. The molecule has 1 N–H and O–H groups in total. The minimum atomic E-state index is -0.0581. The molecule has 4 rings (SSSR count). The average molecular weight is 451 g/mol. The lowest BCUT2D eigenvalue weighted by Crippen LogP contribution is -2.47. The van der Waals surface area contributed by atoms with Crippen molar-refractivity contribution in [2.45, 2.75) is 26.8 Å². The van der Waals surface area contributed by atoms with Gasteiger partial charge in [-0.05, 0) is 30.7 Å². The van der Waals surface area contributed by atoms with E-state index in [9.17, 15) is 9.59 Å². The monoisotopic (exact) mass is 450 g/mol. The summed E-state index contributed by atoms with van der Waals surface area (Å²) in [6, 6.07) is 14.4. The Kier molecular flexibility index (Phi) is 7.62. The van der Waals surface area contributed by atoms with Gasteiger partial charge in [0, 0.05) is 63.6 Å². The van der Waals surface area contributed by atoms with Crippen LogP contribution in [-0.4, -0.2) is 74.1 Å². The Morgan fingerprint density at radius 2 is 1.73 bits per heavy atom. The van der Waals surface area contributed by atoms with Gasteiger partial charge in [-0.25, -0.2) is 0 Å². The Balaban J connectivity index is 1.50. The molecule has 0 bridgehead atoms. The summed E-state index contributed by atoms with van der Waals surface area (Å²) < 4.78 is 5.42. The number of carbonyl (C=O) groups is 2. The Labute approximate surface area is 196 Å². The topological polar surface area (TPSA) is 65.1 Å². The lowest BCUT2D eigenvalue weighted by Gasteiger charge is -2.37. The number of benzene rings is 2. The fraction of sp³-hybridized carbons (Fsp3) is 0.462. The number of carbonyl (C=O) groups excluding carboxylic acids is 2. The molecule has 2 saturated heterocycles. The van der Waals surface area contributed by atoms with Crippen LogP contribution in [0.25, 0.3) is 0 Å². The van der Waals surface area contributed by atoms with Gasteiger partial charge in [0.2, 0.25) is 5.91 Å². The Morgan fingerprint density at radius 3 is 2.42 bits per heavy atom. The van der Waals surface area contributed by atoms with Crippen LogP contribution in [0.15, 0.2) is 42.5 Å².